The Hall–Kier alpha value is -1.16. The molecule has 3 atom stereocenters. The van der Waals surface area contributed by atoms with Gasteiger partial charge >= 0.3 is 0 Å². The number of aliphatic hydroxyl groups is 2. The number of rotatable bonds is 4. The maximum absolute atomic E-state index is 9.96. The molecule has 2 aliphatic rings. The van der Waals surface area contributed by atoms with E-state index in [2.05, 4.69) is 12.1 Å². The number of fused-ring (bicyclic) bond motifs is 1. The summed E-state index contributed by atoms with van der Waals surface area (Å²) in [5.41, 5.74) is 2.40. The van der Waals surface area contributed by atoms with E-state index in [1.165, 1.54) is 11.1 Å². The van der Waals surface area contributed by atoms with Crippen LogP contribution in [0.2, 0.25) is 0 Å². The van der Waals surface area contributed by atoms with Gasteiger partial charge in [0.05, 0.1) is 25.4 Å². The van der Waals surface area contributed by atoms with Crippen LogP contribution in [-0.4, -0.2) is 29.0 Å². The molecular weight excluding hydrogens is 252 g/mol. The van der Waals surface area contributed by atoms with E-state index in [9.17, 15) is 10.2 Å². The van der Waals surface area contributed by atoms with Gasteiger partial charge < -0.3 is 14.9 Å². The molecule has 0 saturated heterocycles. The van der Waals surface area contributed by atoms with Gasteiger partial charge in [-0.2, -0.15) is 0 Å². The third kappa shape index (κ3) is 2.66. The second kappa shape index (κ2) is 5.68. The first kappa shape index (κ1) is 13.8. The van der Waals surface area contributed by atoms with Crippen LogP contribution in [0.15, 0.2) is 42.0 Å². The van der Waals surface area contributed by atoms with Gasteiger partial charge in [0.2, 0.25) is 0 Å². The van der Waals surface area contributed by atoms with Crippen molar-refractivity contribution < 1.29 is 14.9 Å². The van der Waals surface area contributed by atoms with E-state index in [1.54, 1.807) is 0 Å². The van der Waals surface area contributed by atoms with Gasteiger partial charge in [-0.15, -0.1) is 0 Å². The van der Waals surface area contributed by atoms with Crippen LogP contribution in [0.3, 0.4) is 0 Å². The van der Waals surface area contributed by atoms with Crippen LogP contribution < -0.4 is 0 Å². The zero-order chi connectivity index (χ0) is 14.0. The Bertz CT molecular complexity index is 482. The minimum Gasteiger partial charge on any atom is -0.390 e. The maximum Gasteiger partial charge on any atom is 0.0983 e. The molecule has 0 bridgehead atoms. The normalized spacial score (nSPS) is 32.8. The topological polar surface area (TPSA) is 49.7 Å². The second-order valence-electron chi connectivity index (χ2n) is 6.07. The molecule has 2 aliphatic carbocycles. The zero-order valence-corrected chi connectivity index (χ0v) is 11.7. The first-order valence-electron chi connectivity index (χ1n) is 7.39. The first-order valence-corrected chi connectivity index (χ1v) is 7.39. The lowest BCUT2D eigenvalue weighted by atomic mass is 9.73. The standard InChI is InChI=1S/C17H22O3/c18-15-9-14-7-4-8-17(14,10-16(15)19)12-20-11-13-5-2-1-3-6-13/h1-3,5-6,9,15-16,18-19H,4,7-8,10-12H2/t15?,16?,17-/m0/s1. The highest BCUT2D eigenvalue weighted by atomic mass is 16.5. The van der Waals surface area contributed by atoms with Crippen molar-refractivity contribution in [3.63, 3.8) is 0 Å². The van der Waals surface area contributed by atoms with Crippen LogP contribution in [0.1, 0.15) is 31.2 Å². The molecule has 0 aromatic heterocycles. The van der Waals surface area contributed by atoms with Gasteiger partial charge in [0, 0.05) is 5.41 Å². The maximum atomic E-state index is 9.96. The van der Waals surface area contributed by atoms with E-state index in [-0.39, 0.29) is 5.41 Å². The van der Waals surface area contributed by atoms with Gasteiger partial charge in [0.15, 0.2) is 0 Å². The van der Waals surface area contributed by atoms with Crippen LogP contribution in [0.4, 0.5) is 0 Å². The fourth-order valence-corrected chi connectivity index (χ4v) is 3.54. The minimum absolute atomic E-state index is 0.0482. The molecule has 0 aliphatic heterocycles. The summed E-state index contributed by atoms with van der Waals surface area (Å²) < 4.78 is 5.91. The largest absolute Gasteiger partial charge is 0.390 e. The van der Waals surface area contributed by atoms with Crippen molar-refractivity contribution in [2.24, 2.45) is 5.41 Å². The smallest absolute Gasteiger partial charge is 0.0983 e. The highest BCUT2D eigenvalue weighted by Gasteiger charge is 2.44. The van der Waals surface area contributed by atoms with Gasteiger partial charge in [-0.3, -0.25) is 0 Å². The van der Waals surface area contributed by atoms with Crippen LogP contribution in [0, 0.1) is 5.41 Å². The van der Waals surface area contributed by atoms with Crippen molar-refractivity contribution >= 4 is 0 Å². The number of hydrogen-bond donors (Lipinski definition) is 2. The molecule has 1 fully saturated rings. The van der Waals surface area contributed by atoms with Crippen molar-refractivity contribution in [1.29, 1.82) is 0 Å². The third-order valence-electron chi connectivity index (χ3n) is 4.64. The van der Waals surface area contributed by atoms with Crippen LogP contribution in [0.25, 0.3) is 0 Å². The summed E-state index contributed by atoms with van der Waals surface area (Å²) in [6, 6.07) is 10.1. The fraction of sp³-hybridized carbons (Fsp3) is 0.529. The molecule has 0 radical (unpaired) electrons. The minimum atomic E-state index is -0.703. The molecule has 0 spiro atoms. The molecule has 3 heteroatoms. The van der Waals surface area contributed by atoms with Crippen molar-refractivity contribution in [3.8, 4) is 0 Å². The number of aliphatic hydroxyl groups excluding tert-OH is 2. The monoisotopic (exact) mass is 274 g/mol. The highest BCUT2D eigenvalue weighted by Crippen LogP contribution is 2.49. The second-order valence-corrected chi connectivity index (χ2v) is 6.07. The van der Waals surface area contributed by atoms with Gasteiger partial charge in [-0.1, -0.05) is 42.0 Å². The third-order valence-corrected chi connectivity index (χ3v) is 4.64. The predicted molar refractivity (Wildman–Crippen MR) is 77.1 cm³/mol. The number of benzene rings is 1. The molecular formula is C17H22O3. The summed E-state index contributed by atoms with van der Waals surface area (Å²) in [4.78, 5) is 0. The molecule has 3 nitrogen and oxygen atoms in total. The van der Waals surface area contributed by atoms with Gasteiger partial charge in [-0.25, -0.2) is 0 Å². The van der Waals surface area contributed by atoms with Crippen LogP contribution in [-0.2, 0) is 11.3 Å². The van der Waals surface area contributed by atoms with Gasteiger partial charge in [0.25, 0.3) is 0 Å². The van der Waals surface area contributed by atoms with E-state index >= 15 is 0 Å². The quantitative estimate of drug-likeness (QED) is 0.829. The Morgan fingerprint density at radius 3 is 2.80 bits per heavy atom. The van der Waals surface area contributed by atoms with E-state index < -0.39 is 12.2 Å². The molecule has 108 valence electrons. The molecule has 20 heavy (non-hydrogen) atoms. The van der Waals surface area contributed by atoms with Gasteiger partial charge in [0.1, 0.15) is 0 Å². The lowest BCUT2D eigenvalue weighted by Gasteiger charge is -2.38. The lowest BCUT2D eigenvalue weighted by Crippen LogP contribution is -2.40. The predicted octanol–water partition coefficient (Wildman–Crippen LogP) is 2.43. The Kier molecular flexibility index (Phi) is 3.92. The molecule has 1 aromatic rings. The Labute approximate surface area is 119 Å². The van der Waals surface area contributed by atoms with Crippen LogP contribution >= 0.6 is 0 Å². The summed E-state index contributed by atoms with van der Waals surface area (Å²) >= 11 is 0. The molecule has 1 saturated carbocycles. The summed E-state index contributed by atoms with van der Waals surface area (Å²) in [6.07, 6.45) is 4.32. The van der Waals surface area contributed by atoms with Gasteiger partial charge in [-0.05, 0) is 31.2 Å². The molecule has 2 N–H and O–H groups in total. The number of ether oxygens (including phenoxy) is 1. The first-order chi connectivity index (χ1) is 9.70. The highest BCUT2D eigenvalue weighted by molar-refractivity contribution is 5.25. The van der Waals surface area contributed by atoms with E-state index in [0.29, 0.717) is 19.6 Å². The van der Waals surface area contributed by atoms with Crippen LogP contribution in [0.5, 0.6) is 0 Å². The van der Waals surface area contributed by atoms with Crippen molar-refractivity contribution in [1.82, 2.24) is 0 Å². The zero-order valence-electron chi connectivity index (χ0n) is 11.7. The average molecular weight is 274 g/mol. The lowest BCUT2D eigenvalue weighted by molar-refractivity contribution is -0.0244. The molecule has 2 unspecified atom stereocenters. The summed E-state index contributed by atoms with van der Waals surface area (Å²) in [6.45, 7) is 1.24. The fourth-order valence-electron chi connectivity index (χ4n) is 3.54. The molecule has 3 rings (SSSR count). The van der Waals surface area contributed by atoms with Crippen molar-refractivity contribution in [2.45, 2.75) is 44.5 Å². The summed E-state index contributed by atoms with van der Waals surface area (Å²) in [5.74, 6) is 0. The van der Waals surface area contributed by atoms with E-state index in [1.807, 2.05) is 24.3 Å². The SMILES string of the molecule is OC1C=C2CCC[C@@]2(COCc2ccccc2)CC1O. The molecule has 0 heterocycles. The van der Waals surface area contributed by atoms with Crippen molar-refractivity contribution in [3.05, 3.63) is 47.5 Å². The molecule has 1 aromatic carbocycles. The Morgan fingerprint density at radius 2 is 2.00 bits per heavy atom. The average Bonchev–Trinajstić information content (AvgIpc) is 2.83. The summed E-state index contributed by atoms with van der Waals surface area (Å²) in [7, 11) is 0. The van der Waals surface area contributed by atoms with E-state index in [4.69, 9.17) is 4.74 Å². The Balaban J connectivity index is 1.65. The Morgan fingerprint density at radius 1 is 1.20 bits per heavy atom. The number of hydrogen-bond acceptors (Lipinski definition) is 3. The summed E-state index contributed by atoms with van der Waals surface area (Å²) in [5, 5.41) is 19.7. The van der Waals surface area contributed by atoms with Crippen molar-refractivity contribution in [2.75, 3.05) is 6.61 Å². The molecule has 0 amide bonds. The van der Waals surface area contributed by atoms with E-state index in [0.717, 1.165) is 19.3 Å².